The average Bonchev–Trinajstić information content (AvgIpc) is 2.89. The van der Waals surface area contributed by atoms with Crippen molar-refractivity contribution in [3.8, 4) is 0 Å². The highest BCUT2D eigenvalue weighted by molar-refractivity contribution is 8.18. The topological polar surface area (TPSA) is 75.3 Å². The first-order valence-electron chi connectivity index (χ1n) is 7.04. The van der Waals surface area contributed by atoms with Gasteiger partial charge in [0.15, 0.2) is 0 Å². The molecule has 0 aliphatic carbocycles. The zero-order valence-electron chi connectivity index (χ0n) is 12.5. The first kappa shape index (κ1) is 17.5. The van der Waals surface area contributed by atoms with Crippen LogP contribution in [0.15, 0.2) is 47.4 Å². The van der Waals surface area contributed by atoms with Crippen LogP contribution in [0.4, 0.5) is 10.5 Å². The zero-order chi connectivity index (χ0) is 18.0. The van der Waals surface area contributed by atoms with Crippen LogP contribution < -0.4 is 10.6 Å². The molecule has 25 heavy (non-hydrogen) atoms. The molecule has 8 heteroatoms. The maximum Gasteiger partial charge on any atom is 0.290 e. The number of anilines is 1. The van der Waals surface area contributed by atoms with Gasteiger partial charge in [-0.25, -0.2) is 0 Å². The predicted octanol–water partition coefficient (Wildman–Crippen LogP) is 4.57. The second-order valence-corrected chi connectivity index (χ2v) is 6.85. The van der Waals surface area contributed by atoms with Gasteiger partial charge in [0.1, 0.15) is 0 Å². The molecule has 1 aliphatic rings. The minimum atomic E-state index is -0.477. The van der Waals surface area contributed by atoms with E-state index in [1.165, 1.54) is 6.08 Å². The Labute approximate surface area is 157 Å². The Hall–Kier alpha value is -2.28. The molecule has 1 saturated heterocycles. The summed E-state index contributed by atoms with van der Waals surface area (Å²) < 4.78 is 0. The Balaban J connectivity index is 1.88. The number of nitrogens with one attached hydrogen (secondary N) is 2. The fraction of sp³-hybridized carbons (Fsp3) is 0. The molecule has 0 spiro atoms. The predicted molar refractivity (Wildman–Crippen MR) is 100.0 cm³/mol. The summed E-state index contributed by atoms with van der Waals surface area (Å²) in [6, 6.07) is 11.5. The number of benzene rings is 2. The summed E-state index contributed by atoms with van der Waals surface area (Å²) in [5.74, 6) is -0.852. The number of amides is 3. The highest BCUT2D eigenvalue weighted by Crippen LogP contribution is 2.28. The molecule has 0 unspecified atom stereocenters. The number of carbonyl (C=O) groups excluding carboxylic acids is 3. The van der Waals surface area contributed by atoms with E-state index in [1.54, 1.807) is 42.5 Å². The Morgan fingerprint density at radius 3 is 2.52 bits per heavy atom. The summed E-state index contributed by atoms with van der Waals surface area (Å²) in [6.07, 6.45) is 1.51. The summed E-state index contributed by atoms with van der Waals surface area (Å²) in [7, 11) is 0. The van der Waals surface area contributed by atoms with Crippen molar-refractivity contribution in [2.45, 2.75) is 0 Å². The van der Waals surface area contributed by atoms with Crippen molar-refractivity contribution >= 4 is 63.8 Å². The van der Waals surface area contributed by atoms with Crippen LogP contribution in [0.2, 0.25) is 10.0 Å². The first-order valence-corrected chi connectivity index (χ1v) is 8.61. The van der Waals surface area contributed by atoms with Crippen LogP contribution in [0.25, 0.3) is 6.08 Å². The number of halogens is 2. The van der Waals surface area contributed by atoms with E-state index in [4.69, 9.17) is 23.2 Å². The summed E-state index contributed by atoms with van der Waals surface area (Å²) in [5.41, 5.74) is 1.37. The maximum absolute atomic E-state index is 12.6. The van der Waals surface area contributed by atoms with Crippen molar-refractivity contribution in [3.63, 3.8) is 0 Å². The van der Waals surface area contributed by atoms with Crippen molar-refractivity contribution in [2.75, 3.05) is 5.32 Å². The van der Waals surface area contributed by atoms with Gasteiger partial charge in [-0.2, -0.15) is 0 Å². The van der Waals surface area contributed by atoms with E-state index < -0.39 is 11.1 Å². The molecule has 5 nitrogen and oxygen atoms in total. The molecule has 3 amide bonds. The van der Waals surface area contributed by atoms with Gasteiger partial charge in [-0.15, -0.1) is 0 Å². The van der Waals surface area contributed by atoms with Crippen molar-refractivity contribution in [2.24, 2.45) is 0 Å². The van der Waals surface area contributed by atoms with Crippen LogP contribution in [-0.4, -0.2) is 17.1 Å². The molecule has 0 bridgehead atoms. The summed E-state index contributed by atoms with van der Waals surface area (Å²) in [6.45, 7) is 0. The monoisotopic (exact) mass is 392 g/mol. The molecule has 0 radical (unpaired) electrons. The SMILES string of the molecule is O=C1NC(=O)/C(=C/c2ccccc2C(=O)Nc2ccc(Cl)c(Cl)c2)S1. The number of carbonyl (C=O) groups is 3. The zero-order valence-corrected chi connectivity index (χ0v) is 14.8. The van der Waals surface area contributed by atoms with E-state index in [2.05, 4.69) is 10.6 Å². The van der Waals surface area contributed by atoms with Crippen LogP contribution in [-0.2, 0) is 4.79 Å². The van der Waals surface area contributed by atoms with E-state index in [-0.39, 0.29) is 10.8 Å². The Kier molecular flexibility index (Phi) is 5.13. The molecule has 0 saturated carbocycles. The Bertz CT molecular complexity index is 928. The minimum absolute atomic E-state index is 0.236. The van der Waals surface area contributed by atoms with Crippen LogP contribution in [0.5, 0.6) is 0 Å². The molecule has 0 aromatic heterocycles. The number of hydrogen-bond acceptors (Lipinski definition) is 4. The largest absolute Gasteiger partial charge is 0.322 e. The molecule has 1 fully saturated rings. The molecule has 1 heterocycles. The highest BCUT2D eigenvalue weighted by atomic mass is 35.5. The number of thioether (sulfide) groups is 1. The van der Waals surface area contributed by atoms with Gasteiger partial charge in [0.05, 0.1) is 15.0 Å². The lowest BCUT2D eigenvalue weighted by Gasteiger charge is -2.09. The van der Waals surface area contributed by atoms with E-state index in [9.17, 15) is 14.4 Å². The summed E-state index contributed by atoms with van der Waals surface area (Å²) in [4.78, 5) is 35.7. The van der Waals surface area contributed by atoms with Gasteiger partial charge in [-0.05, 0) is 47.7 Å². The fourth-order valence-corrected chi connectivity index (χ4v) is 3.14. The fourth-order valence-electron chi connectivity index (χ4n) is 2.16. The highest BCUT2D eigenvalue weighted by Gasteiger charge is 2.25. The Morgan fingerprint density at radius 2 is 1.84 bits per heavy atom. The molecule has 126 valence electrons. The normalized spacial score (nSPS) is 15.4. The van der Waals surface area contributed by atoms with E-state index >= 15 is 0 Å². The van der Waals surface area contributed by atoms with Gasteiger partial charge in [0, 0.05) is 11.3 Å². The van der Waals surface area contributed by atoms with Gasteiger partial charge in [-0.3, -0.25) is 19.7 Å². The van der Waals surface area contributed by atoms with Crippen LogP contribution in [0, 0.1) is 0 Å². The second-order valence-electron chi connectivity index (χ2n) is 5.02. The first-order chi connectivity index (χ1) is 11.9. The van der Waals surface area contributed by atoms with Gasteiger partial charge >= 0.3 is 0 Å². The third kappa shape index (κ3) is 4.04. The molecular weight excluding hydrogens is 383 g/mol. The third-order valence-corrected chi connectivity index (χ3v) is 4.86. The number of rotatable bonds is 3. The van der Waals surface area contributed by atoms with E-state index in [0.29, 0.717) is 26.9 Å². The van der Waals surface area contributed by atoms with Crippen LogP contribution in [0.1, 0.15) is 15.9 Å². The maximum atomic E-state index is 12.6. The van der Waals surface area contributed by atoms with Crippen molar-refractivity contribution in [1.82, 2.24) is 5.32 Å². The Morgan fingerprint density at radius 1 is 1.08 bits per heavy atom. The van der Waals surface area contributed by atoms with Gasteiger partial charge in [0.25, 0.3) is 17.1 Å². The van der Waals surface area contributed by atoms with Crippen LogP contribution in [0.3, 0.4) is 0 Å². The average molecular weight is 393 g/mol. The van der Waals surface area contributed by atoms with Gasteiger partial charge in [0.2, 0.25) is 0 Å². The number of hydrogen-bond donors (Lipinski definition) is 2. The lowest BCUT2D eigenvalue weighted by molar-refractivity contribution is -0.115. The molecular formula is C17H10Cl2N2O3S. The van der Waals surface area contributed by atoms with Crippen molar-refractivity contribution < 1.29 is 14.4 Å². The lowest BCUT2D eigenvalue weighted by atomic mass is 10.1. The number of imide groups is 1. The van der Waals surface area contributed by atoms with Crippen molar-refractivity contribution in [1.29, 1.82) is 0 Å². The second kappa shape index (κ2) is 7.31. The van der Waals surface area contributed by atoms with Crippen LogP contribution >= 0.6 is 35.0 Å². The molecule has 1 aliphatic heterocycles. The molecule has 2 N–H and O–H groups in total. The quantitative estimate of drug-likeness (QED) is 0.750. The van der Waals surface area contributed by atoms with E-state index in [1.807, 2.05) is 0 Å². The minimum Gasteiger partial charge on any atom is -0.322 e. The smallest absolute Gasteiger partial charge is 0.290 e. The van der Waals surface area contributed by atoms with E-state index in [0.717, 1.165) is 11.8 Å². The standard InChI is InChI=1S/C17H10Cl2N2O3S/c18-12-6-5-10(8-13(12)19)20-15(22)11-4-2-1-3-9(11)7-14-16(23)21-17(24)25-14/h1-8H,(H,20,22)(H,21,23,24)/b14-7-. The third-order valence-electron chi connectivity index (χ3n) is 3.31. The van der Waals surface area contributed by atoms with Gasteiger partial charge in [-0.1, -0.05) is 41.4 Å². The molecule has 2 aromatic carbocycles. The molecule has 3 rings (SSSR count). The summed E-state index contributed by atoms with van der Waals surface area (Å²) in [5, 5.41) is 5.18. The van der Waals surface area contributed by atoms with Crippen molar-refractivity contribution in [3.05, 3.63) is 68.5 Å². The lowest BCUT2D eigenvalue weighted by Crippen LogP contribution is -2.18. The van der Waals surface area contributed by atoms with Gasteiger partial charge < -0.3 is 5.32 Å². The molecule has 0 atom stereocenters. The molecule has 2 aromatic rings. The summed E-state index contributed by atoms with van der Waals surface area (Å²) >= 11 is 12.6.